The van der Waals surface area contributed by atoms with E-state index in [1.54, 1.807) is 25.5 Å². The van der Waals surface area contributed by atoms with Crippen molar-refractivity contribution < 1.29 is 13.9 Å². The van der Waals surface area contributed by atoms with Crippen LogP contribution in [0.5, 0.6) is 5.75 Å². The number of amides is 1. The molecule has 0 atom stereocenters. The van der Waals surface area contributed by atoms with E-state index in [-0.39, 0.29) is 12.3 Å². The van der Waals surface area contributed by atoms with Crippen LogP contribution in [-0.2, 0) is 17.1 Å². The van der Waals surface area contributed by atoms with Gasteiger partial charge in [-0.15, -0.1) is 10.2 Å². The maximum absolute atomic E-state index is 11.2. The van der Waals surface area contributed by atoms with E-state index in [0.717, 1.165) is 15.8 Å². The van der Waals surface area contributed by atoms with Gasteiger partial charge in [0.2, 0.25) is 5.91 Å². The molecule has 0 saturated carbocycles. The lowest BCUT2D eigenvalue weighted by Gasteiger charge is -2.09. The first-order valence-corrected chi connectivity index (χ1v) is 9.57. The van der Waals surface area contributed by atoms with Gasteiger partial charge in [0.05, 0.1) is 17.8 Å². The summed E-state index contributed by atoms with van der Waals surface area (Å²) in [7, 11) is 1.63. The maximum atomic E-state index is 11.2. The van der Waals surface area contributed by atoms with Crippen LogP contribution in [0.2, 0.25) is 0 Å². The first-order valence-electron chi connectivity index (χ1n) is 7.79. The lowest BCUT2D eigenvalue weighted by atomic mass is 10.2. The number of nitrogens with two attached hydrogens (primary N) is 1. The number of carbonyl (C=O) groups is 1. The van der Waals surface area contributed by atoms with E-state index in [0.29, 0.717) is 29.0 Å². The molecule has 0 saturated heterocycles. The fourth-order valence-corrected chi connectivity index (χ4v) is 3.85. The highest BCUT2D eigenvalue weighted by molar-refractivity contribution is 9.10. The topological polar surface area (TPSA) is 96.2 Å². The number of hydrogen-bond acceptors (Lipinski definition) is 6. The minimum atomic E-state index is -0.376. The zero-order valence-corrected chi connectivity index (χ0v) is 16.4. The van der Waals surface area contributed by atoms with Crippen molar-refractivity contribution in [3.63, 3.8) is 0 Å². The van der Waals surface area contributed by atoms with Crippen LogP contribution in [0.15, 0.2) is 50.6 Å². The van der Waals surface area contributed by atoms with E-state index in [9.17, 15) is 4.79 Å². The molecule has 2 heterocycles. The molecular weight excluding hydrogens is 420 g/mol. The van der Waals surface area contributed by atoms with Crippen molar-refractivity contribution in [2.45, 2.75) is 23.9 Å². The minimum absolute atomic E-state index is 0.202. The molecule has 0 aliphatic carbocycles. The van der Waals surface area contributed by atoms with Gasteiger partial charge in [0.1, 0.15) is 5.75 Å². The van der Waals surface area contributed by atoms with Gasteiger partial charge in [-0.05, 0) is 45.8 Å². The van der Waals surface area contributed by atoms with Gasteiger partial charge < -0.3 is 14.9 Å². The van der Waals surface area contributed by atoms with Crippen molar-refractivity contribution in [1.29, 1.82) is 0 Å². The molecule has 3 rings (SSSR count). The van der Waals surface area contributed by atoms with Crippen LogP contribution in [0, 0.1) is 0 Å². The molecule has 0 unspecified atom stereocenters. The second-order valence-corrected chi connectivity index (χ2v) is 7.21. The summed E-state index contributed by atoms with van der Waals surface area (Å²) in [5, 5.41) is 9.16. The number of nitrogens with zero attached hydrogens (tertiary/aromatic N) is 3. The van der Waals surface area contributed by atoms with Crippen LogP contribution in [0.25, 0.3) is 11.6 Å². The Morgan fingerprint density at radius 1 is 1.38 bits per heavy atom. The quantitative estimate of drug-likeness (QED) is 0.542. The highest BCUT2D eigenvalue weighted by Gasteiger charge is 2.17. The van der Waals surface area contributed by atoms with Crippen LogP contribution in [0.4, 0.5) is 0 Å². The molecule has 9 heteroatoms. The third kappa shape index (κ3) is 4.28. The van der Waals surface area contributed by atoms with Crippen molar-refractivity contribution in [2.24, 2.45) is 5.73 Å². The SMILES string of the molecule is COc1ccc(CSc2nnc(-c3ccco3)n2CCC(N)=O)cc1Br. The van der Waals surface area contributed by atoms with Crippen molar-refractivity contribution in [2.75, 3.05) is 7.11 Å². The fraction of sp³-hybridized carbons (Fsp3) is 0.235. The van der Waals surface area contributed by atoms with Gasteiger partial charge in [-0.25, -0.2) is 0 Å². The normalized spacial score (nSPS) is 10.8. The Kier molecular flexibility index (Phi) is 6.00. The molecule has 1 amide bonds. The fourth-order valence-electron chi connectivity index (χ4n) is 2.35. The number of ether oxygens (including phenoxy) is 1. The molecule has 0 aliphatic heterocycles. The average Bonchev–Trinajstić information content (AvgIpc) is 3.27. The highest BCUT2D eigenvalue weighted by Crippen LogP contribution is 2.30. The first-order chi connectivity index (χ1) is 12.6. The number of furan rings is 1. The second-order valence-electron chi connectivity index (χ2n) is 5.41. The summed E-state index contributed by atoms with van der Waals surface area (Å²) in [6.07, 6.45) is 1.78. The zero-order valence-electron chi connectivity index (χ0n) is 14.0. The maximum Gasteiger partial charge on any atom is 0.219 e. The van der Waals surface area contributed by atoms with Crippen molar-refractivity contribution in [1.82, 2.24) is 14.8 Å². The molecule has 0 fully saturated rings. The van der Waals surface area contributed by atoms with E-state index in [4.69, 9.17) is 14.9 Å². The standard InChI is InChI=1S/C17H17BrN4O3S/c1-24-13-5-4-11(9-12(13)18)10-26-17-21-20-16(14-3-2-8-25-14)22(17)7-6-15(19)23/h2-5,8-9H,6-7,10H2,1H3,(H2,19,23). The summed E-state index contributed by atoms with van der Waals surface area (Å²) in [6, 6.07) is 9.49. The summed E-state index contributed by atoms with van der Waals surface area (Å²) < 4.78 is 13.4. The second kappa shape index (κ2) is 8.41. The summed E-state index contributed by atoms with van der Waals surface area (Å²) in [5.74, 6) is 2.27. The van der Waals surface area contributed by atoms with Crippen molar-refractivity contribution in [3.8, 4) is 17.3 Å². The summed E-state index contributed by atoms with van der Waals surface area (Å²) in [6.45, 7) is 0.396. The highest BCUT2D eigenvalue weighted by atomic mass is 79.9. The minimum Gasteiger partial charge on any atom is -0.496 e. The number of aromatic nitrogens is 3. The largest absolute Gasteiger partial charge is 0.496 e. The molecule has 7 nitrogen and oxygen atoms in total. The van der Waals surface area contributed by atoms with Crippen molar-refractivity contribution in [3.05, 3.63) is 46.6 Å². The molecule has 0 radical (unpaired) electrons. The van der Waals surface area contributed by atoms with Crippen LogP contribution >= 0.6 is 27.7 Å². The lowest BCUT2D eigenvalue weighted by Crippen LogP contribution is -2.15. The Labute approximate surface area is 163 Å². The summed E-state index contributed by atoms with van der Waals surface area (Å²) >= 11 is 5.01. The Hall–Kier alpha value is -2.26. The Morgan fingerprint density at radius 2 is 2.23 bits per heavy atom. The molecule has 0 aliphatic rings. The predicted octanol–water partition coefficient (Wildman–Crippen LogP) is 3.48. The Bertz CT molecular complexity index is 896. The number of rotatable bonds is 8. The average molecular weight is 437 g/mol. The van der Waals surface area contributed by atoms with E-state index >= 15 is 0 Å². The van der Waals surface area contributed by atoms with Gasteiger partial charge in [0, 0.05) is 18.7 Å². The number of methoxy groups -OCH3 is 1. The molecular formula is C17H17BrN4O3S. The van der Waals surface area contributed by atoms with Crippen molar-refractivity contribution >= 4 is 33.6 Å². The monoisotopic (exact) mass is 436 g/mol. The van der Waals surface area contributed by atoms with Gasteiger partial charge >= 0.3 is 0 Å². The molecule has 0 spiro atoms. The number of halogens is 1. The number of benzene rings is 1. The smallest absolute Gasteiger partial charge is 0.219 e. The molecule has 1 aromatic carbocycles. The molecule has 2 N–H and O–H groups in total. The number of thioether (sulfide) groups is 1. The van der Waals surface area contributed by atoms with Gasteiger partial charge in [-0.3, -0.25) is 9.36 Å². The van der Waals surface area contributed by atoms with E-state index < -0.39 is 0 Å². The third-order valence-corrected chi connectivity index (χ3v) is 5.28. The van der Waals surface area contributed by atoms with E-state index in [1.165, 1.54) is 11.8 Å². The lowest BCUT2D eigenvalue weighted by molar-refractivity contribution is -0.118. The summed E-state index contributed by atoms with van der Waals surface area (Å²) in [5.41, 5.74) is 6.40. The molecule has 3 aromatic rings. The third-order valence-electron chi connectivity index (χ3n) is 3.62. The van der Waals surface area contributed by atoms with E-state index in [1.807, 2.05) is 22.8 Å². The van der Waals surface area contributed by atoms with Gasteiger partial charge in [-0.2, -0.15) is 0 Å². The van der Waals surface area contributed by atoms with Gasteiger partial charge in [0.15, 0.2) is 16.7 Å². The Morgan fingerprint density at radius 3 is 2.88 bits per heavy atom. The molecule has 2 aromatic heterocycles. The molecule has 0 bridgehead atoms. The van der Waals surface area contributed by atoms with Gasteiger partial charge in [-0.1, -0.05) is 17.8 Å². The zero-order chi connectivity index (χ0) is 18.5. The molecule has 136 valence electrons. The van der Waals surface area contributed by atoms with Crippen LogP contribution < -0.4 is 10.5 Å². The molecule has 26 heavy (non-hydrogen) atoms. The number of primary amides is 1. The predicted molar refractivity (Wildman–Crippen MR) is 102 cm³/mol. The first kappa shape index (κ1) is 18.5. The number of carbonyl (C=O) groups excluding carboxylic acids is 1. The number of hydrogen-bond donors (Lipinski definition) is 1. The Balaban J connectivity index is 1.80. The van der Waals surface area contributed by atoms with E-state index in [2.05, 4.69) is 26.1 Å². The van der Waals surface area contributed by atoms with Crippen LogP contribution in [-0.4, -0.2) is 27.8 Å². The van der Waals surface area contributed by atoms with Gasteiger partial charge in [0.25, 0.3) is 0 Å². The summed E-state index contributed by atoms with van der Waals surface area (Å²) in [4.78, 5) is 11.2. The van der Waals surface area contributed by atoms with Crippen LogP contribution in [0.1, 0.15) is 12.0 Å². The van der Waals surface area contributed by atoms with Crippen LogP contribution in [0.3, 0.4) is 0 Å².